The second-order valence-electron chi connectivity index (χ2n) is 20.6. The van der Waals surface area contributed by atoms with Crippen molar-refractivity contribution in [1.29, 1.82) is 0 Å². The highest BCUT2D eigenvalue weighted by Gasteiger charge is 2.41. The Kier molecular flexibility index (Phi) is 12.5. The number of piperidine rings is 2. The summed E-state index contributed by atoms with van der Waals surface area (Å²) in [5.74, 6) is -0.423. The van der Waals surface area contributed by atoms with Crippen molar-refractivity contribution in [2.45, 2.75) is 102 Å². The van der Waals surface area contributed by atoms with Crippen LogP contribution in [0.3, 0.4) is 0 Å². The summed E-state index contributed by atoms with van der Waals surface area (Å²) in [5, 5.41) is 15.0. The van der Waals surface area contributed by atoms with Gasteiger partial charge in [-0.2, -0.15) is 5.10 Å². The molecule has 376 valence electrons. The molecule has 10 rings (SSSR count). The van der Waals surface area contributed by atoms with Crippen molar-refractivity contribution < 1.29 is 42.0 Å². The molecule has 71 heavy (non-hydrogen) atoms. The van der Waals surface area contributed by atoms with Crippen molar-refractivity contribution in [2.75, 3.05) is 74.9 Å². The number of nitrogen functional groups attached to an aromatic ring is 1. The lowest BCUT2D eigenvalue weighted by atomic mass is 9.78. The van der Waals surface area contributed by atoms with Crippen LogP contribution in [-0.4, -0.2) is 150 Å². The summed E-state index contributed by atoms with van der Waals surface area (Å²) in [4.78, 5) is 75.1. The van der Waals surface area contributed by atoms with Crippen molar-refractivity contribution in [1.82, 2.24) is 54.9 Å². The SMILES string of the molecule is CC(C)(C1CCN(C(=O)COC(=O)N2CC(Oc3cnc(-c4c(-c5nn(C(C)(C)C)c6ncnc(N)c56)noc4C4CC4)nc3)C2)CC1)N1CCN(c2c(F)cc(NC3CCC(=O)NC3=O)cc2F)CC1. The Morgan fingerprint density at radius 2 is 1.58 bits per heavy atom. The third kappa shape index (κ3) is 9.50. The third-order valence-electron chi connectivity index (χ3n) is 14.5. The number of aromatic nitrogens is 7. The number of halogens is 2. The molecule has 0 bridgehead atoms. The Bertz CT molecular complexity index is 2840. The van der Waals surface area contributed by atoms with Crippen LogP contribution in [0.4, 0.5) is 30.8 Å². The van der Waals surface area contributed by atoms with E-state index in [1.807, 2.05) is 20.8 Å². The van der Waals surface area contributed by atoms with Crippen molar-refractivity contribution >= 4 is 52.0 Å². The molecule has 4 amide bonds. The molecule has 4 saturated heterocycles. The minimum atomic E-state index is -0.755. The van der Waals surface area contributed by atoms with E-state index in [2.05, 4.69) is 54.5 Å². The highest BCUT2D eigenvalue weighted by atomic mass is 19.1. The van der Waals surface area contributed by atoms with E-state index in [1.165, 1.54) is 23.4 Å². The quantitative estimate of drug-likeness (QED) is 0.144. The van der Waals surface area contributed by atoms with E-state index in [0.29, 0.717) is 84.6 Å². The lowest BCUT2D eigenvalue weighted by molar-refractivity contribution is -0.137. The highest BCUT2D eigenvalue weighted by Crippen LogP contribution is 2.48. The fourth-order valence-electron chi connectivity index (χ4n) is 10.2. The zero-order valence-electron chi connectivity index (χ0n) is 40.4. The van der Waals surface area contributed by atoms with Gasteiger partial charge in [0.25, 0.3) is 5.91 Å². The molecule has 1 atom stereocenters. The number of fused-ring (bicyclic) bond motifs is 1. The zero-order chi connectivity index (χ0) is 49.9. The van der Waals surface area contributed by atoms with Gasteiger partial charge in [-0.05, 0) is 84.8 Å². The van der Waals surface area contributed by atoms with E-state index in [-0.39, 0.29) is 85.0 Å². The van der Waals surface area contributed by atoms with Gasteiger partial charge in [-0.3, -0.25) is 24.6 Å². The van der Waals surface area contributed by atoms with Crippen LogP contribution in [0, 0.1) is 17.6 Å². The summed E-state index contributed by atoms with van der Waals surface area (Å²) >= 11 is 0. The number of ether oxygens (including phenoxy) is 2. The normalized spacial score (nSPS) is 19.8. The molecule has 5 aromatic rings. The summed E-state index contributed by atoms with van der Waals surface area (Å²) in [6, 6.07) is 1.62. The number of hydrogen-bond donors (Lipinski definition) is 3. The second kappa shape index (κ2) is 18.6. The molecular weight excluding hydrogens is 923 g/mol. The van der Waals surface area contributed by atoms with Gasteiger partial charge in [-0.25, -0.2) is 38.2 Å². The molecule has 4 N–H and O–H groups in total. The molecule has 4 aliphatic heterocycles. The van der Waals surface area contributed by atoms with Crippen molar-refractivity contribution in [3.63, 3.8) is 0 Å². The number of benzene rings is 1. The number of nitrogens with two attached hydrogens (primary N) is 1. The number of rotatable bonds is 12. The first kappa shape index (κ1) is 47.6. The smallest absolute Gasteiger partial charge is 0.410 e. The first-order valence-electron chi connectivity index (χ1n) is 24.2. The van der Waals surface area contributed by atoms with Gasteiger partial charge in [0.15, 0.2) is 41.2 Å². The van der Waals surface area contributed by atoms with E-state index in [4.69, 9.17) is 24.8 Å². The maximum Gasteiger partial charge on any atom is 0.410 e. The number of anilines is 3. The van der Waals surface area contributed by atoms with E-state index in [9.17, 15) is 19.2 Å². The molecule has 21 nitrogen and oxygen atoms in total. The second-order valence-corrected chi connectivity index (χ2v) is 20.6. The lowest BCUT2D eigenvalue weighted by Gasteiger charge is -2.50. The monoisotopic (exact) mass is 980 g/mol. The number of carbonyl (C=O) groups is 4. The van der Waals surface area contributed by atoms with Gasteiger partial charge < -0.3 is 39.7 Å². The Hall–Kier alpha value is -7.04. The van der Waals surface area contributed by atoms with Gasteiger partial charge in [0.2, 0.25) is 11.8 Å². The molecule has 1 unspecified atom stereocenters. The highest BCUT2D eigenvalue weighted by molar-refractivity contribution is 6.02. The number of hydrogen-bond acceptors (Lipinski definition) is 17. The van der Waals surface area contributed by atoms with Crippen LogP contribution in [0.25, 0.3) is 33.8 Å². The largest absolute Gasteiger partial charge is 0.483 e. The summed E-state index contributed by atoms with van der Waals surface area (Å²) < 4.78 is 50.0. The number of likely N-dealkylation sites (tertiary alicyclic amines) is 2. The molecule has 0 spiro atoms. The summed E-state index contributed by atoms with van der Waals surface area (Å²) in [6.45, 7) is 13.6. The van der Waals surface area contributed by atoms with Crippen molar-refractivity contribution in [3.05, 3.63) is 48.2 Å². The van der Waals surface area contributed by atoms with Crippen LogP contribution in [0.5, 0.6) is 5.75 Å². The molecule has 0 radical (unpaired) electrons. The number of amides is 4. The van der Waals surface area contributed by atoms with Crippen molar-refractivity contribution in [2.24, 2.45) is 5.92 Å². The van der Waals surface area contributed by atoms with Gasteiger partial charge in [0.1, 0.15) is 41.4 Å². The summed E-state index contributed by atoms with van der Waals surface area (Å²) in [5.41, 5.74) is 7.87. The van der Waals surface area contributed by atoms with Crippen LogP contribution in [-0.2, 0) is 24.7 Å². The van der Waals surface area contributed by atoms with Gasteiger partial charge in [0.05, 0.1) is 42.0 Å². The Morgan fingerprint density at radius 3 is 2.23 bits per heavy atom. The zero-order valence-corrected chi connectivity index (χ0v) is 40.4. The maximum atomic E-state index is 15.4. The number of imide groups is 1. The average molecular weight is 981 g/mol. The summed E-state index contributed by atoms with van der Waals surface area (Å²) in [6.07, 6.45) is 7.42. The van der Waals surface area contributed by atoms with Gasteiger partial charge in [-0.15, -0.1) is 0 Å². The lowest BCUT2D eigenvalue weighted by Crippen LogP contribution is -2.59. The molecule has 4 aromatic heterocycles. The molecule has 23 heteroatoms. The first-order valence-corrected chi connectivity index (χ1v) is 24.2. The minimum Gasteiger partial charge on any atom is -0.483 e. The number of nitrogens with one attached hydrogen (secondary N) is 2. The number of nitrogens with zero attached hydrogens (tertiary/aromatic N) is 11. The third-order valence-corrected chi connectivity index (χ3v) is 14.5. The molecule has 5 aliphatic rings. The average Bonchev–Trinajstić information content (AvgIpc) is 3.94. The van der Waals surface area contributed by atoms with Gasteiger partial charge in [0, 0.05) is 62.8 Å². The van der Waals surface area contributed by atoms with Gasteiger partial charge >= 0.3 is 6.09 Å². The molecular formula is C48H58F2N14O7. The van der Waals surface area contributed by atoms with Crippen LogP contribution < -0.4 is 26.0 Å². The fraction of sp³-hybridized carbons (Fsp3) is 0.542. The molecule has 8 heterocycles. The minimum absolute atomic E-state index is 0.107. The van der Waals surface area contributed by atoms with Crippen LogP contribution in [0.1, 0.15) is 84.8 Å². The van der Waals surface area contributed by atoms with E-state index in [0.717, 1.165) is 25.7 Å². The molecule has 1 aromatic carbocycles. The Balaban J connectivity index is 0.671. The van der Waals surface area contributed by atoms with Crippen LogP contribution in [0.2, 0.25) is 0 Å². The number of carbonyl (C=O) groups excluding carboxylic acids is 4. The molecule has 1 saturated carbocycles. The molecule has 1 aliphatic carbocycles. The van der Waals surface area contributed by atoms with Crippen LogP contribution >= 0.6 is 0 Å². The number of piperazine rings is 1. The van der Waals surface area contributed by atoms with E-state index in [1.54, 1.807) is 26.9 Å². The Labute approximate surface area is 407 Å². The fourth-order valence-corrected chi connectivity index (χ4v) is 10.2. The topological polar surface area (TPSA) is 245 Å². The standard InChI is InChI=1S/C48H58F2N14O7/c1-47(2,3)64-44-37(42(51)54-25-55-44)38(58-64)39-36(41(71-59-39)26-6-7-26)43-52-20-29(21-53-43)70-30-22-62(23-30)46(68)69-24-35(66)60-12-10-27(11-13-60)48(4,5)63-16-14-61(15-17-63)40-31(49)18-28(19-32(40)50)56-33-8-9-34(65)57-45(33)67/h18-21,25-27,30,33,56H,6-17,22-24H2,1-5H3,(H2,51,54,55)(H,57,65,67). The van der Waals surface area contributed by atoms with E-state index >= 15 is 8.78 Å². The van der Waals surface area contributed by atoms with Crippen LogP contribution in [0.15, 0.2) is 35.4 Å². The predicted molar refractivity (Wildman–Crippen MR) is 254 cm³/mol. The summed E-state index contributed by atoms with van der Waals surface area (Å²) in [7, 11) is 0. The predicted octanol–water partition coefficient (Wildman–Crippen LogP) is 4.69. The maximum absolute atomic E-state index is 15.4. The molecule has 5 fully saturated rings. The van der Waals surface area contributed by atoms with Gasteiger partial charge in [-0.1, -0.05) is 5.16 Å². The Morgan fingerprint density at radius 1 is 0.887 bits per heavy atom. The first-order chi connectivity index (χ1) is 33.9. The van der Waals surface area contributed by atoms with Crippen molar-refractivity contribution in [3.8, 4) is 28.5 Å². The van der Waals surface area contributed by atoms with E-state index < -0.39 is 35.2 Å².